The minimum Gasteiger partial charge on any atom is -0.325 e. The van der Waals surface area contributed by atoms with Crippen LogP contribution in [0.15, 0.2) is 42.5 Å². The van der Waals surface area contributed by atoms with Crippen molar-refractivity contribution < 1.29 is 4.79 Å². The van der Waals surface area contributed by atoms with Crippen molar-refractivity contribution in [3.63, 3.8) is 0 Å². The highest BCUT2D eigenvalue weighted by atomic mass is 127. The van der Waals surface area contributed by atoms with Gasteiger partial charge in [0.25, 0.3) is 0 Å². The summed E-state index contributed by atoms with van der Waals surface area (Å²) in [4.78, 5) is 11.9. The molecule has 0 unspecified atom stereocenters. The van der Waals surface area contributed by atoms with Crippen LogP contribution in [-0.2, 0) is 10.5 Å². The highest BCUT2D eigenvalue weighted by Crippen LogP contribution is 2.24. The average Bonchev–Trinajstić information content (AvgIpc) is 2.41. The molecule has 2 nitrogen and oxygen atoms in total. The predicted octanol–water partition coefficient (Wildman–Crippen LogP) is 5.47. The van der Waals surface area contributed by atoms with Crippen molar-refractivity contribution in [2.24, 2.45) is 0 Å². The van der Waals surface area contributed by atoms with E-state index >= 15 is 0 Å². The second kappa shape index (κ2) is 8.27. The Hall–Kier alpha value is -0.430. The first kappa shape index (κ1) is 16.9. The smallest absolute Gasteiger partial charge is 0.234 e. The van der Waals surface area contributed by atoms with E-state index in [1.807, 2.05) is 30.3 Å². The Labute approximate surface area is 151 Å². The SMILES string of the molecule is O=C(CSCc1ccc(Cl)cc1Cl)Nc1cccc(I)c1. The minimum absolute atomic E-state index is 0.0212. The molecule has 6 heteroatoms. The largest absolute Gasteiger partial charge is 0.325 e. The Balaban J connectivity index is 1.81. The zero-order valence-corrected chi connectivity index (χ0v) is 15.4. The molecular weight excluding hydrogens is 440 g/mol. The Morgan fingerprint density at radius 3 is 2.71 bits per heavy atom. The lowest BCUT2D eigenvalue weighted by Gasteiger charge is -2.07. The molecule has 0 spiro atoms. The van der Waals surface area contributed by atoms with Crippen LogP contribution in [0.25, 0.3) is 0 Å². The van der Waals surface area contributed by atoms with E-state index in [-0.39, 0.29) is 5.91 Å². The van der Waals surface area contributed by atoms with Gasteiger partial charge in [0, 0.05) is 25.1 Å². The van der Waals surface area contributed by atoms with Gasteiger partial charge in [-0.3, -0.25) is 4.79 Å². The molecule has 0 aliphatic heterocycles. The number of carbonyl (C=O) groups excluding carboxylic acids is 1. The van der Waals surface area contributed by atoms with Crippen molar-refractivity contribution in [3.05, 3.63) is 61.6 Å². The summed E-state index contributed by atoms with van der Waals surface area (Å²) in [6, 6.07) is 13.1. The molecule has 0 atom stereocenters. The maximum absolute atomic E-state index is 11.9. The second-order valence-corrected chi connectivity index (χ2v) is 7.36. The van der Waals surface area contributed by atoms with Crippen LogP contribution >= 0.6 is 57.6 Å². The molecule has 0 aromatic heterocycles. The topological polar surface area (TPSA) is 29.1 Å². The van der Waals surface area contributed by atoms with Crippen LogP contribution in [0, 0.1) is 3.57 Å². The fourth-order valence-corrected chi connectivity index (χ4v) is 3.58. The summed E-state index contributed by atoms with van der Waals surface area (Å²) in [5.41, 5.74) is 1.80. The normalized spacial score (nSPS) is 10.4. The molecule has 2 rings (SSSR count). The molecule has 21 heavy (non-hydrogen) atoms. The standard InChI is InChI=1S/C15H12Cl2INOS/c16-11-5-4-10(14(17)6-11)8-21-9-15(20)19-13-3-1-2-12(18)7-13/h1-7H,8-9H2,(H,19,20). The lowest BCUT2D eigenvalue weighted by atomic mass is 10.2. The number of benzene rings is 2. The van der Waals surface area contributed by atoms with E-state index in [4.69, 9.17) is 23.2 Å². The van der Waals surface area contributed by atoms with Crippen LogP contribution in [0.2, 0.25) is 10.0 Å². The average molecular weight is 452 g/mol. The number of rotatable bonds is 5. The van der Waals surface area contributed by atoms with Gasteiger partial charge in [0.15, 0.2) is 0 Å². The molecule has 0 bridgehead atoms. The van der Waals surface area contributed by atoms with Crippen molar-refractivity contribution in [1.82, 2.24) is 0 Å². The number of hydrogen-bond acceptors (Lipinski definition) is 2. The molecular formula is C15H12Cl2INOS. The third-order valence-electron chi connectivity index (χ3n) is 2.61. The van der Waals surface area contributed by atoms with Gasteiger partial charge in [-0.05, 0) is 58.5 Å². The first-order chi connectivity index (χ1) is 10.0. The van der Waals surface area contributed by atoms with Gasteiger partial charge in [0.05, 0.1) is 5.75 Å². The van der Waals surface area contributed by atoms with E-state index in [9.17, 15) is 4.79 Å². The highest BCUT2D eigenvalue weighted by Gasteiger charge is 2.05. The van der Waals surface area contributed by atoms with Crippen molar-refractivity contribution in [2.75, 3.05) is 11.1 Å². The number of anilines is 1. The van der Waals surface area contributed by atoms with Crippen LogP contribution in [-0.4, -0.2) is 11.7 Å². The van der Waals surface area contributed by atoms with Crippen LogP contribution in [0.4, 0.5) is 5.69 Å². The zero-order chi connectivity index (χ0) is 15.2. The van der Waals surface area contributed by atoms with Gasteiger partial charge in [-0.2, -0.15) is 0 Å². The van der Waals surface area contributed by atoms with Gasteiger partial charge in [-0.1, -0.05) is 35.3 Å². The lowest BCUT2D eigenvalue weighted by molar-refractivity contribution is -0.113. The monoisotopic (exact) mass is 451 g/mol. The fourth-order valence-electron chi connectivity index (χ4n) is 1.66. The van der Waals surface area contributed by atoms with Crippen molar-refractivity contribution in [2.45, 2.75) is 5.75 Å². The van der Waals surface area contributed by atoms with Gasteiger partial charge >= 0.3 is 0 Å². The third-order valence-corrected chi connectivity index (χ3v) is 4.85. The van der Waals surface area contributed by atoms with Crippen LogP contribution in [0.1, 0.15) is 5.56 Å². The highest BCUT2D eigenvalue weighted by molar-refractivity contribution is 14.1. The predicted molar refractivity (Wildman–Crippen MR) is 100 cm³/mol. The number of thioether (sulfide) groups is 1. The maximum atomic E-state index is 11.9. The first-order valence-corrected chi connectivity index (χ1v) is 9.10. The van der Waals surface area contributed by atoms with E-state index in [0.29, 0.717) is 21.6 Å². The van der Waals surface area contributed by atoms with E-state index < -0.39 is 0 Å². The van der Waals surface area contributed by atoms with E-state index in [1.54, 1.807) is 12.1 Å². The Morgan fingerprint density at radius 2 is 2.00 bits per heavy atom. The quantitative estimate of drug-likeness (QED) is 0.610. The Morgan fingerprint density at radius 1 is 1.19 bits per heavy atom. The number of hydrogen-bond donors (Lipinski definition) is 1. The molecule has 0 radical (unpaired) electrons. The van der Waals surface area contributed by atoms with Crippen molar-refractivity contribution >= 4 is 69.1 Å². The molecule has 110 valence electrons. The van der Waals surface area contributed by atoms with Gasteiger partial charge in [-0.25, -0.2) is 0 Å². The maximum Gasteiger partial charge on any atom is 0.234 e. The molecule has 0 heterocycles. The molecule has 0 saturated carbocycles. The lowest BCUT2D eigenvalue weighted by Crippen LogP contribution is -2.14. The van der Waals surface area contributed by atoms with Crippen molar-refractivity contribution in [3.8, 4) is 0 Å². The number of halogens is 3. The number of amides is 1. The summed E-state index contributed by atoms with van der Waals surface area (Å²) < 4.78 is 1.09. The van der Waals surface area contributed by atoms with Gasteiger partial charge < -0.3 is 5.32 Å². The van der Waals surface area contributed by atoms with E-state index in [0.717, 1.165) is 14.8 Å². The zero-order valence-electron chi connectivity index (χ0n) is 10.9. The number of nitrogens with one attached hydrogen (secondary N) is 1. The van der Waals surface area contributed by atoms with Gasteiger partial charge in [0.1, 0.15) is 0 Å². The molecule has 0 aliphatic carbocycles. The summed E-state index contributed by atoms with van der Waals surface area (Å²) in [7, 11) is 0. The van der Waals surface area contributed by atoms with Crippen LogP contribution in [0.5, 0.6) is 0 Å². The molecule has 1 amide bonds. The fraction of sp³-hybridized carbons (Fsp3) is 0.133. The second-order valence-electron chi connectivity index (χ2n) is 4.29. The molecule has 2 aromatic rings. The Bertz CT molecular complexity index is 651. The molecule has 2 aromatic carbocycles. The van der Waals surface area contributed by atoms with Crippen molar-refractivity contribution in [1.29, 1.82) is 0 Å². The van der Waals surface area contributed by atoms with Crippen LogP contribution < -0.4 is 5.32 Å². The number of carbonyl (C=O) groups is 1. The molecule has 0 saturated heterocycles. The summed E-state index contributed by atoms with van der Waals surface area (Å²) in [5, 5.41) is 4.12. The summed E-state index contributed by atoms with van der Waals surface area (Å²) in [6.07, 6.45) is 0. The van der Waals surface area contributed by atoms with Gasteiger partial charge in [0.2, 0.25) is 5.91 Å². The van der Waals surface area contributed by atoms with E-state index in [1.165, 1.54) is 11.8 Å². The summed E-state index contributed by atoms with van der Waals surface area (Å²) in [6.45, 7) is 0. The van der Waals surface area contributed by atoms with Gasteiger partial charge in [-0.15, -0.1) is 11.8 Å². The molecule has 1 N–H and O–H groups in total. The van der Waals surface area contributed by atoms with Crippen LogP contribution in [0.3, 0.4) is 0 Å². The summed E-state index contributed by atoms with van der Waals surface area (Å²) in [5.74, 6) is 1.03. The Kier molecular flexibility index (Phi) is 6.67. The minimum atomic E-state index is -0.0212. The summed E-state index contributed by atoms with van der Waals surface area (Å²) >= 11 is 15.7. The molecule has 0 aliphatic rings. The van der Waals surface area contributed by atoms with E-state index in [2.05, 4.69) is 27.9 Å². The third kappa shape index (κ3) is 5.70. The molecule has 0 fully saturated rings. The first-order valence-electron chi connectivity index (χ1n) is 6.11.